The van der Waals surface area contributed by atoms with Crippen LogP contribution in [0.5, 0.6) is 0 Å². The van der Waals surface area contributed by atoms with E-state index in [9.17, 15) is 19.2 Å². The molecule has 7 nitrogen and oxygen atoms in total. The van der Waals surface area contributed by atoms with Crippen LogP contribution in [-0.4, -0.2) is 30.3 Å². The number of halogens is 1. The van der Waals surface area contributed by atoms with Crippen LogP contribution in [0.4, 0.5) is 11.4 Å². The van der Waals surface area contributed by atoms with Crippen molar-refractivity contribution in [2.45, 2.75) is 33.1 Å². The highest BCUT2D eigenvalue weighted by Crippen LogP contribution is 2.42. The summed E-state index contributed by atoms with van der Waals surface area (Å²) in [5.74, 6) is -1.58. The summed E-state index contributed by atoms with van der Waals surface area (Å²) in [5.41, 5.74) is 2.03. The first kappa shape index (κ1) is 23.0. The van der Waals surface area contributed by atoms with Crippen molar-refractivity contribution in [1.29, 1.82) is 0 Å². The summed E-state index contributed by atoms with van der Waals surface area (Å²) in [6, 6.07) is 11.2. The van der Waals surface area contributed by atoms with Crippen LogP contribution < -0.4 is 10.2 Å². The zero-order chi connectivity index (χ0) is 23.7. The molecule has 4 rings (SSSR count). The Balaban J connectivity index is 1.36. The number of rotatable bonds is 5. The first-order valence-corrected chi connectivity index (χ1v) is 11.3. The average Bonchev–Trinajstić information content (AvgIpc) is 3.04. The Morgan fingerprint density at radius 2 is 1.76 bits per heavy atom. The van der Waals surface area contributed by atoms with Gasteiger partial charge in [-0.2, -0.15) is 0 Å². The normalized spacial score (nSPS) is 22.2. The monoisotopic (exact) mass is 468 g/mol. The van der Waals surface area contributed by atoms with Gasteiger partial charge < -0.3 is 10.1 Å². The van der Waals surface area contributed by atoms with Gasteiger partial charge in [-0.25, -0.2) is 4.79 Å². The van der Waals surface area contributed by atoms with Crippen molar-refractivity contribution in [3.05, 3.63) is 58.6 Å². The van der Waals surface area contributed by atoms with Gasteiger partial charge in [0.1, 0.15) is 0 Å². The molecule has 2 aliphatic rings. The third kappa shape index (κ3) is 4.78. The fraction of sp³-hybridized carbons (Fsp3) is 0.360. The minimum atomic E-state index is -0.680. The molecule has 1 aliphatic heterocycles. The Kier molecular flexibility index (Phi) is 6.51. The zero-order valence-corrected chi connectivity index (χ0v) is 19.2. The van der Waals surface area contributed by atoms with E-state index in [2.05, 4.69) is 12.2 Å². The molecule has 0 aromatic heterocycles. The summed E-state index contributed by atoms with van der Waals surface area (Å²) < 4.78 is 5.10. The lowest BCUT2D eigenvalue weighted by atomic mass is 9.76. The van der Waals surface area contributed by atoms with E-state index in [0.29, 0.717) is 22.3 Å². The Hall–Kier alpha value is -3.19. The molecular weight excluding hydrogens is 444 g/mol. The molecule has 0 unspecified atom stereocenters. The summed E-state index contributed by atoms with van der Waals surface area (Å²) in [6.45, 7) is 3.47. The van der Waals surface area contributed by atoms with Crippen molar-refractivity contribution in [1.82, 2.24) is 0 Å². The lowest BCUT2D eigenvalue weighted by Gasteiger charge is -2.25. The second-order valence-electron chi connectivity index (χ2n) is 8.77. The SMILES string of the molecule is Cc1ccc(Cl)cc1NC(=O)COC(=O)c1ccc(N2C(=O)[C@H]3C[C@H](C)CC[C@H]3C2=O)cc1. The predicted octanol–water partition coefficient (Wildman–Crippen LogP) is 4.37. The van der Waals surface area contributed by atoms with Gasteiger partial charge in [0.15, 0.2) is 6.61 Å². The number of hydrogen-bond donors (Lipinski definition) is 1. The number of ether oxygens (including phenoxy) is 1. The van der Waals surface area contributed by atoms with Crippen LogP contribution in [0.2, 0.25) is 5.02 Å². The summed E-state index contributed by atoms with van der Waals surface area (Å²) in [4.78, 5) is 51.4. The smallest absolute Gasteiger partial charge is 0.338 e. The Morgan fingerprint density at radius 3 is 2.48 bits per heavy atom. The van der Waals surface area contributed by atoms with Crippen LogP contribution in [0.3, 0.4) is 0 Å². The molecule has 3 amide bonds. The topological polar surface area (TPSA) is 92.8 Å². The Labute approximate surface area is 197 Å². The Bertz CT molecular complexity index is 1110. The summed E-state index contributed by atoms with van der Waals surface area (Å²) in [5, 5.41) is 3.14. The minimum absolute atomic E-state index is 0.166. The van der Waals surface area contributed by atoms with E-state index in [4.69, 9.17) is 16.3 Å². The van der Waals surface area contributed by atoms with Crippen LogP contribution in [0, 0.1) is 24.7 Å². The number of aryl methyl sites for hydroxylation is 1. The van der Waals surface area contributed by atoms with Gasteiger partial charge in [0, 0.05) is 10.7 Å². The van der Waals surface area contributed by atoms with E-state index in [1.54, 1.807) is 30.3 Å². The molecule has 1 saturated carbocycles. The molecule has 0 radical (unpaired) electrons. The maximum Gasteiger partial charge on any atom is 0.338 e. The number of amides is 3. The van der Waals surface area contributed by atoms with E-state index in [1.165, 1.54) is 17.0 Å². The fourth-order valence-electron chi connectivity index (χ4n) is 4.52. The summed E-state index contributed by atoms with van der Waals surface area (Å²) >= 11 is 5.95. The molecule has 1 aliphatic carbocycles. The van der Waals surface area contributed by atoms with Crippen molar-refractivity contribution >= 4 is 46.7 Å². The number of nitrogens with zero attached hydrogens (tertiary/aromatic N) is 1. The van der Waals surface area contributed by atoms with Gasteiger partial charge in [-0.1, -0.05) is 24.6 Å². The molecule has 2 fully saturated rings. The number of benzene rings is 2. The number of hydrogen-bond acceptors (Lipinski definition) is 5. The van der Waals surface area contributed by atoms with Crippen LogP contribution in [-0.2, 0) is 19.1 Å². The van der Waals surface area contributed by atoms with Crippen molar-refractivity contribution in [3.8, 4) is 0 Å². The van der Waals surface area contributed by atoms with Crippen LogP contribution in [0.25, 0.3) is 0 Å². The van der Waals surface area contributed by atoms with Gasteiger partial charge in [-0.3, -0.25) is 19.3 Å². The maximum absolute atomic E-state index is 12.8. The van der Waals surface area contributed by atoms with Gasteiger partial charge >= 0.3 is 5.97 Å². The standard InChI is InChI=1S/C25H25ClN2O5/c1-14-3-10-19-20(11-14)24(31)28(23(19)30)18-8-5-16(6-9-18)25(32)33-13-22(29)27-21-12-17(26)7-4-15(21)2/h4-9,12,14,19-20H,3,10-11,13H2,1-2H3,(H,27,29)/t14-,19-,20+/m1/s1. The lowest BCUT2D eigenvalue weighted by Crippen LogP contribution is -2.30. The molecule has 8 heteroatoms. The van der Waals surface area contributed by atoms with E-state index in [-0.39, 0.29) is 29.2 Å². The number of carbonyl (C=O) groups is 4. The number of carbonyl (C=O) groups excluding carboxylic acids is 4. The highest BCUT2D eigenvalue weighted by molar-refractivity contribution is 6.31. The molecule has 1 N–H and O–H groups in total. The third-order valence-electron chi connectivity index (χ3n) is 6.36. The largest absolute Gasteiger partial charge is 0.452 e. The van der Waals surface area contributed by atoms with Gasteiger partial charge in [0.05, 0.1) is 23.1 Å². The van der Waals surface area contributed by atoms with Crippen molar-refractivity contribution in [2.75, 3.05) is 16.8 Å². The highest BCUT2D eigenvalue weighted by Gasteiger charge is 2.49. The first-order chi connectivity index (χ1) is 15.7. The van der Waals surface area contributed by atoms with E-state index in [0.717, 1.165) is 24.8 Å². The average molecular weight is 469 g/mol. The molecular formula is C25H25ClN2O5. The number of nitrogens with one attached hydrogen (secondary N) is 1. The molecule has 1 saturated heterocycles. The van der Waals surface area contributed by atoms with Crippen LogP contribution in [0.15, 0.2) is 42.5 Å². The molecule has 1 heterocycles. The van der Waals surface area contributed by atoms with Crippen molar-refractivity contribution < 1.29 is 23.9 Å². The van der Waals surface area contributed by atoms with Gasteiger partial charge in [0.2, 0.25) is 11.8 Å². The number of imide groups is 1. The third-order valence-corrected chi connectivity index (χ3v) is 6.59. The Morgan fingerprint density at radius 1 is 1.06 bits per heavy atom. The molecule has 0 bridgehead atoms. The van der Waals surface area contributed by atoms with E-state index >= 15 is 0 Å². The lowest BCUT2D eigenvalue weighted by molar-refractivity contribution is -0.122. The molecule has 172 valence electrons. The molecule has 2 aromatic carbocycles. The summed E-state index contributed by atoms with van der Waals surface area (Å²) in [7, 11) is 0. The van der Waals surface area contributed by atoms with Crippen molar-refractivity contribution in [2.24, 2.45) is 17.8 Å². The van der Waals surface area contributed by atoms with Gasteiger partial charge in [0.25, 0.3) is 5.91 Å². The number of anilines is 2. The molecule has 33 heavy (non-hydrogen) atoms. The predicted molar refractivity (Wildman–Crippen MR) is 124 cm³/mol. The molecule has 2 aromatic rings. The second kappa shape index (κ2) is 9.35. The maximum atomic E-state index is 12.8. The quantitative estimate of drug-likeness (QED) is 0.519. The van der Waals surface area contributed by atoms with Crippen LogP contribution >= 0.6 is 11.6 Å². The van der Waals surface area contributed by atoms with Gasteiger partial charge in [-0.15, -0.1) is 0 Å². The first-order valence-electron chi connectivity index (χ1n) is 11.0. The van der Waals surface area contributed by atoms with E-state index in [1.807, 2.05) is 6.92 Å². The van der Waals surface area contributed by atoms with E-state index < -0.39 is 18.5 Å². The second-order valence-corrected chi connectivity index (χ2v) is 9.21. The van der Waals surface area contributed by atoms with Gasteiger partial charge in [-0.05, 0) is 74.1 Å². The fourth-order valence-corrected chi connectivity index (χ4v) is 4.69. The molecule has 0 spiro atoms. The van der Waals surface area contributed by atoms with Crippen molar-refractivity contribution in [3.63, 3.8) is 0 Å². The highest BCUT2D eigenvalue weighted by atomic mass is 35.5. The number of fused-ring (bicyclic) bond motifs is 1. The van der Waals surface area contributed by atoms with Crippen LogP contribution in [0.1, 0.15) is 42.1 Å². The zero-order valence-electron chi connectivity index (χ0n) is 18.5. The minimum Gasteiger partial charge on any atom is -0.452 e. The molecule has 3 atom stereocenters. The summed E-state index contributed by atoms with van der Waals surface area (Å²) in [6.07, 6.45) is 2.41. The number of esters is 1.